The largest absolute Gasteiger partial charge is 0.456 e. The molecule has 4 rings (SSSR count). The first-order valence-electron chi connectivity index (χ1n) is 9.80. The molecule has 1 N–H and O–H groups in total. The van der Waals surface area contributed by atoms with Gasteiger partial charge in [0.05, 0.1) is 11.1 Å². The summed E-state index contributed by atoms with van der Waals surface area (Å²) in [6.45, 7) is 6.27. The van der Waals surface area contributed by atoms with Gasteiger partial charge < -0.3 is 4.74 Å². The molecule has 0 bridgehead atoms. The number of benzene rings is 2. The minimum atomic E-state index is -1.01. The van der Waals surface area contributed by atoms with E-state index in [1.165, 1.54) is 0 Å². The Morgan fingerprint density at radius 1 is 1.00 bits per heavy atom. The predicted molar refractivity (Wildman–Crippen MR) is 108 cm³/mol. The Kier molecular flexibility index (Phi) is 4.68. The molecule has 2 aliphatic rings. The molecule has 0 spiro atoms. The summed E-state index contributed by atoms with van der Waals surface area (Å²) in [5.41, 5.74) is 1.31. The molecule has 7 heteroatoms. The number of nitrogens with zero attached hydrogens (tertiary/aromatic N) is 1. The van der Waals surface area contributed by atoms with E-state index in [1.54, 1.807) is 24.3 Å². The number of imide groups is 2. The summed E-state index contributed by atoms with van der Waals surface area (Å²) in [6.07, 6.45) is 0.187. The van der Waals surface area contributed by atoms with Gasteiger partial charge in [-0.15, -0.1) is 0 Å². The standard InChI is InChI=1S/C23H22N2O5/c1-23(2,3)13-6-4-7-14(12-13)30-17-9-5-8-15-19(17)22(29)25(21(15)28)16-10-11-18(26)24-20(16)27/h4-9,12,16H,10-11H2,1-3H3,(H,24,26,27). The number of hydrogen-bond donors (Lipinski definition) is 1. The Bertz CT molecular complexity index is 1080. The van der Waals surface area contributed by atoms with E-state index in [4.69, 9.17) is 4.74 Å². The predicted octanol–water partition coefficient (Wildman–Crippen LogP) is 3.18. The van der Waals surface area contributed by atoms with Crippen LogP contribution < -0.4 is 10.1 Å². The molecule has 0 radical (unpaired) electrons. The van der Waals surface area contributed by atoms with Gasteiger partial charge in [-0.2, -0.15) is 0 Å². The third kappa shape index (κ3) is 3.36. The van der Waals surface area contributed by atoms with Crippen molar-refractivity contribution >= 4 is 23.6 Å². The summed E-state index contributed by atoms with van der Waals surface area (Å²) in [7, 11) is 0. The number of carbonyl (C=O) groups excluding carboxylic acids is 4. The molecule has 1 fully saturated rings. The Morgan fingerprint density at radius 3 is 2.43 bits per heavy atom. The van der Waals surface area contributed by atoms with Gasteiger partial charge in [0.2, 0.25) is 11.8 Å². The zero-order chi connectivity index (χ0) is 21.6. The molecule has 154 valence electrons. The highest BCUT2D eigenvalue weighted by molar-refractivity contribution is 6.24. The maximum Gasteiger partial charge on any atom is 0.266 e. The molecule has 0 aromatic heterocycles. The van der Waals surface area contributed by atoms with Crippen molar-refractivity contribution in [1.29, 1.82) is 0 Å². The van der Waals surface area contributed by atoms with Crippen LogP contribution in [0.1, 0.15) is 59.9 Å². The van der Waals surface area contributed by atoms with Gasteiger partial charge in [-0.1, -0.05) is 39.0 Å². The van der Waals surface area contributed by atoms with Gasteiger partial charge in [0, 0.05) is 6.42 Å². The molecule has 1 unspecified atom stereocenters. The van der Waals surface area contributed by atoms with E-state index in [9.17, 15) is 19.2 Å². The van der Waals surface area contributed by atoms with Gasteiger partial charge >= 0.3 is 0 Å². The first-order valence-corrected chi connectivity index (χ1v) is 9.80. The third-order valence-corrected chi connectivity index (χ3v) is 5.36. The van der Waals surface area contributed by atoms with Gasteiger partial charge in [0.15, 0.2) is 0 Å². The summed E-state index contributed by atoms with van der Waals surface area (Å²) in [4.78, 5) is 50.6. The van der Waals surface area contributed by atoms with Crippen LogP contribution in [0.25, 0.3) is 0 Å². The Morgan fingerprint density at radius 2 is 1.73 bits per heavy atom. The SMILES string of the molecule is CC(C)(C)c1cccc(Oc2cccc3c2C(=O)N(C2CCC(=O)NC2=O)C3=O)c1. The molecular formula is C23H22N2O5. The van der Waals surface area contributed by atoms with Crippen molar-refractivity contribution in [3.05, 3.63) is 59.2 Å². The van der Waals surface area contributed by atoms with Crippen LogP contribution in [0.2, 0.25) is 0 Å². The lowest BCUT2D eigenvalue weighted by Crippen LogP contribution is -2.54. The first kappa shape index (κ1) is 19.8. The Labute approximate surface area is 174 Å². The van der Waals surface area contributed by atoms with Crippen LogP contribution in [0.3, 0.4) is 0 Å². The molecular weight excluding hydrogens is 384 g/mol. The molecule has 2 aromatic carbocycles. The average Bonchev–Trinajstić information content (AvgIpc) is 2.93. The monoisotopic (exact) mass is 406 g/mol. The van der Waals surface area contributed by atoms with E-state index in [0.29, 0.717) is 5.75 Å². The Hall–Kier alpha value is -3.48. The summed E-state index contributed by atoms with van der Waals surface area (Å²) in [5, 5.41) is 2.19. The molecule has 7 nitrogen and oxygen atoms in total. The van der Waals surface area contributed by atoms with E-state index in [-0.39, 0.29) is 35.1 Å². The van der Waals surface area contributed by atoms with Gasteiger partial charge in [0.25, 0.3) is 11.8 Å². The van der Waals surface area contributed by atoms with Crippen LogP contribution in [0, 0.1) is 0 Å². The summed E-state index contributed by atoms with van der Waals surface area (Å²) >= 11 is 0. The third-order valence-electron chi connectivity index (χ3n) is 5.36. The zero-order valence-electron chi connectivity index (χ0n) is 17.0. The minimum absolute atomic E-state index is 0.0762. The lowest BCUT2D eigenvalue weighted by atomic mass is 9.87. The van der Waals surface area contributed by atoms with Crippen LogP contribution in [0.15, 0.2) is 42.5 Å². The highest BCUT2D eigenvalue weighted by Crippen LogP contribution is 2.36. The number of fused-ring (bicyclic) bond motifs is 1. The minimum Gasteiger partial charge on any atom is -0.456 e. The molecule has 1 saturated heterocycles. The van der Waals surface area contributed by atoms with Gasteiger partial charge in [-0.3, -0.25) is 29.4 Å². The van der Waals surface area contributed by atoms with Gasteiger partial charge in [-0.25, -0.2) is 0 Å². The highest BCUT2D eigenvalue weighted by Gasteiger charge is 2.46. The molecule has 0 aliphatic carbocycles. The van der Waals surface area contributed by atoms with Crippen molar-refractivity contribution in [3.8, 4) is 11.5 Å². The second-order valence-corrected chi connectivity index (χ2v) is 8.51. The van der Waals surface area contributed by atoms with Crippen LogP contribution in [0.5, 0.6) is 11.5 Å². The lowest BCUT2D eigenvalue weighted by Gasteiger charge is -2.27. The number of amides is 4. The van der Waals surface area contributed by atoms with Gasteiger partial charge in [-0.05, 0) is 41.7 Å². The van der Waals surface area contributed by atoms with Crippen LogP contribution >= 0.6 is 0 Å². The molecule has 0 saturated carbocycles. The number of nitrogens with one attached hydrogen (secondary N) is 1. The summed E-state index contributed by atoms with van der Waals surface area (Å²) in [6, 6.07) is 11.4. The average molecular weight is 406 g/mol. The highest BCUT2D eigenvalue weighted by atomic mass is 16.5. The van der Waals surface area contributed by atoms with E-state index >= 15 is 0 Å². The Balaban J connectivity index is 1.67. The van der Waals surface area contributed by atoms with Crippen molar-refractivity contribution in [2.24, 2.45) is 0 Å². The fourth-order valence-electron chi connectivity index (χ4n) is 3.72. The van der Waals surface area contributed by atoms with E-state index < -0.39 is 29.7 Å². The molecule has 2 heterocycles. The maximum atomic E-state index is 13.1. The second kappa shape index (κ2) is 7.09. The second-order valence-electron chi connectivity index (χ2n) is 8.51. The number of hydrogen-bond acceptors (Lipinski definition) is 5. The van der Waals surface area contributed by atoms with Crippen LogP contribution in [0.4, 0.5) is 0 Å². The molecule has 30 heavy (non-hydrogen) atoms. The smallest absolute Gasteiger partial charge is 0.266 e. The molecule has 4 amide bonds. The molecule has 2 aromatic rings. The number of piperidine rings is 1. The lowest BCUT2D eigenvalue weighted by molar-refractivity contribution is -0.136. The number of ether oxygens (including phenoxy) is 1. The van der Waals surface area contributed by atoms with Crippen molar-refractivity contribution in [1.82, 2.24) is 10.2 Å². The summed E-state index contributed by atoms with van der Waals surface area (Å²) < 4.78 is 6.00. The zero-order valence-corrected chi connectivity index (χ0v) is 17.0. The van der Waals surface area contributed by atoms with Crippen LogP contribution in [-0.4, -0.2) is 34.6 Å². The van der Waals surface area contributed by atoms with Crippen molar-refractivity contribution < 1.29 is 23.9 Å². The quantitative estimate of drug-likeness (QED) is 0.791. The maximum absolute atomic E-state index is 13.1. The van der Waals surface area contributed by atoms with Crippen LogP contribution in [-0.2, 0) is 15.0 Å². The first-order chi connectivity index (χ1) is 14.2. The van der Waals surface area contributed by atoms with Crippen molar-refractivity contribution in [3.63, 3.8) is 0 Å². The topological polar surface area (TPSA) is 92.8 Å². The number of carbonyl (C=O) groups is 4. The molecule has 1 atom stereocenters. The molecule has 2 aliphatic heterocycles. The summed E-state index contributed by atoms with van der Waals surface area (Å²) in [5.74, 6) is -1.38. The van der Waals surface area contributed by atoms with Crippen molar-refractivity contribution in [2.75, 3.05) is 0 Å². The number of rotatable bonds is 3. The van der Waals surface area contributed by atoms with E-state index in [1.807, 2.05) is 18.2 Å². The van der Waals surface area contributed by atoms with Crippen molar-refractivity contribution in [2.45, 2.75) is 45.1 Å². The van der Waals surface area contributed by atoms with E-state index in [2.05, 4.69) is 26.1 Å². The fourth-order valence-corrected chi connectivity index (χ4v) is 3.72. The van der Waals surface area contributed by atoms with E-state index in [0.717, 1.165) is 10.5 Å². The fraction of sp³-hybridized carbons (Fsp3) is 0.304. The van der Waals surface area contributed by atoms with Gasteiger partial charge in [0.1, 0.15) is 17.5 Å². The normalized spacial score (nSPS) is 19.0.